The number of carboxylic acid groups (broad SMARTS) is 1. The maximum atomic E-state index is 10.9. The molecule has 0 unspecified atom stereocenters. The molecule has 0 amide bonds. The zero-order valence-corrected chi connectivity index (χ0v) is 10.8. The van der Waals surface area contributed by atoms with Crippen molar-refractivity contribution in [3.63, 3.8) is 0 Å². The molecule has 1 aromatic heterocycles. The summed E-state index contributed by atoms with van der Waals surface area (Å²) in [4.78, 5) is 19.3. The number of benzene rings is 1. The van der Waals surface area contributed by atoms with Gasteiger partial charge < -0.3 is 10.4 Å². The van der Waals surface area contributed by atoms with Gasteiger partial charge in [-0.05, 0) is 31.5 Å². The molecule has 1 heterocycles. The lowest BCUT2D eigenvalue weighted by Crippen LogP contribution is -2.05. The molecule has 0 fully saturated rings. The van der Waals surface area contributed by atoms with Gasteiger partial charge >= 0.3 is 5.97 Å². The second-order valence-corrected chi connectivity index (χ2v) is 4.30. The molecule has 2 rings (SSSR count). The first-order chi connectivity index (χ1) is 9.04. The maximum absolute atomic E-state index is 10.9. The summed E-state index contributed by atoms with van der Waals surface area (Å²) in [5.41, 5.74) is 2.08. The number of aromatic carboxylic acids is 1. The van der Waals surface area contributed by atoms with E-state index in [1.807, 2.05) is 26.0 Å². The fourth-order valence-corrected chi connectivity index (χ4v) is 1.81. The molecule has 0 radical (unpaired) electrons. The van der Waals surface area contributed by atoms with Gasteiger partial charge in [-0.2, -0.15) is 0 Å². The number of hydrogen-bond donors (Lipinski definition) is 2. The first-order valence-electron chi connectivity index (χ1n) is 5.93. The molecular formula is C14H15N3O2. The third-order valence-electron chi connectivity index (χ3n) is 2.61. The second-order valence-electron chi connectivity index (χ2n) is 4.30. The van der Waals surface area contributed by atoms with E-state index in [0.717, 1.165) is 17.1 Å². The lowest BCUT2D eigenvalue weighted by molar-refractivity contribution is 0.0697. The minimum Gasteiger partial charge on any atom is -0.478 e. The molecule has 98 valence electrons. The van der Waals surface area contributed by atoms with Crippen LogP contribution in [0.3, 0.4) is 0 Å². The monoisotopic (exact) mass is 257 g/mol. The highest BCUT2D eigenvalue weighted by Crippen LogP contribution is 2.10. The Bertz CT molecular complexity index is 591. The number of aryl methyl sites for hydroxylation is 2. The molecule has 0 saturated carbocycles. The van der Waals surface area contributed by atoms with Crippen LogP contribution in [0.1, 0.15) is 27.4 Å². The van der Waals surface area contributed by atoms with Crippen LogP contribution in [0.2, 0.25) is 0 Å². The highest BCUT2D eigenvalue weighted by Gasteiger charge is 2.03. The number of carboxylic acids is 1. The number of rotatable bonds is 4. The molecule has 1 aromatic carbocycles. The Morgan fingerprint density at radius 3 is 2.74 bits per heavy atom. The largest absolute Gasteiger partial charge is 0.478 e. The summed E-state index contributed by atoms with van der Waals surface area (Å²) in [6.45, 7) is 4.27. The summed E-state index contributed by atoms with van der Waals surface area (Å²) in [6, 6.07) is 8.69. The van der Waals surface area contributed by atoms with Gasteiger partial charge in [-0.15, -0.1) is 0 Å². The van der Waals surface area contributed by atoms with Crippen LogP contribution in [0.5, 0.6) is 0 Å². The van der Waals surface area contributed by atoms with E-state index in [1.165, 1.54) is 0 Å². The third-order valence-corrected chi connectivity index (χ3v) is 2.61. The van der Waals surface area contributed by atoms with Crippen LogP contribution in [0.25, 0.3) is 0 Å². The third kappa shape index (κ3) is 3.51. The Labute approximate surface area is 111 Å². The number of hydrogen-bond acceptors (Lipinski definition) is 4. The number of nitrogens with zero attached hydrogens (tertiary/aromatic N) is 2. The second kappa shape index (κ2) is 5.48. The molecule has 19 heavy (non-hydrogen) atoms. The number of anilines is 1. The Morgan fingerprint density at radius 1 is 1.26 bits per heavy atom. The quantitative estimate of drug-likeness (QED) is 0.879. The van der Waals surface area contributed by atoms with Crippen molar-refractivity contribution in [3.05, 3.63) is 53.0 Å². The van der Waals surface area contributed by atoms with E-state index in [2.05, 4.69) is 15.3 Å². The highest BCUT2D eigenvalue weighted by atomic mass is 16.4. The van der Waals surface area contributed by atoms with Crippen LogP contribution in [0.4, 0.5) is 5.82 Å². The lowest BCUT2D eigenvalue weighted by Gasteiger charge is -2.07. The van der Waals surface area contributed by atoms with Gasteiger partial charge in [0.1, 0.15) is 11.6 Å². The molecule has 0 spiro atoms. The van der Waals surface area contributed by atoms with E-state index >= 15 is 0 Å². The number of nitrogens with one attached hydrogen (secondary N) is 1. The van der Waals surface area contributed by atoms with Crippen LogP contribution in [-0.4, -0.2) is 21.0 Å². The van der Waals surface area contributed by atoms with E-state index in [0.29, 0.717) is 12.4 Å². The topological polar surface area (TPSA) is 75.1 Å². The Balaban J connectivity index is 2.10. The Hall–Kier alpha value is -2.43. The zero-order valence-electron chi connectivity index (χ0n) is 10.8. The zero-order chi connectivity index (χ0) is 13.8. The predicted octanol–water partition coefficient (Wildman–Crippen LogP) is 2.40. The van der Waals surface area contributed by atoms with E-state index in [1.54, 1.807) is 18.2 Å². The molecule has 0 bridgehead atoms. The van der Waals surface area contributed by atoms with Crippen molar-refractivity contribution in [1.29, 1.82) is 0 Å². The van der Waals surface area contributed by atoms with Gasteiger partial charge in [0, 0.05) is 18.3 Å². The van der Waals surface area contributed by atoms with Gasteiger partial charge in [0.25, 0.3) is 0 Å². The van der Waals surface area contributed by atoms with E-state index < -0.39 is 5.97 Å². The van der Waals surface area contributed by atoms with Crippen molar-refractivity contribution >= 4 is 11.8 Å². The van der Waals surface area contributed by atoms with E-state index in [9.17, 15) is 4.79 Å². The van der Waals surface area contributed by atoms with Crippen molar-refractivity contribution in [2.45, 2.75) is 20.4 Å². The maximum Gasteiger partial charge on any atom is 0.335 e. The van der Waals surface area contributed by atoms with Gasteiger partial charge in [-0.3, -0.25) is 0 Å². The van der Waals surface area contributed by atoms with Crippen molar-refractivity contribution in [2.75, 3.05) is 5.32 Å². The van der Waals surface area contributed by atoms with Crippen LogP contribution in [-0.2, 0) is 6.54 Å². The van der Waals surface area contributed by atoms with E-state index in [-0.39, 0.29) is 5.56 Å². The van der Waals surface area contributed by atoms with Gasteiger partial charge in [0.2, 0.25) is 0 Å². The smallest absolute Gasteiger partial charge is 0.335 e. The van der Waals surface area contributed by atoms with Gasteiger partial charge in [0.15, 0.2) is 0 Å². The minimum atomic E-state index is -0.921. The molecule has 2 aromatic rings. The summed E-state index contributed by atoms with van der Waals surface area (Å²) in [5, 5.41) is 12.1. The standard InChI is InChI=1S/C14H15N3O2/c1-9-6-13(17-10(2)16-9)15-8-11-4-3-5-12(7-11)14(18)19/h3-7H,8H2,1-2H3,(H,18,19)(H,15,16,17). The summed E-state index contributed by atoms with van der Waals surface area (Å²) < 4.78 is 0. The number of carbonyl (C=O) groups is 1. The lowest BCUT2D eigenvalue weighted by atomic mass is 10.1. The first kappa shape index (κ1) is 13.0. The molecule has 0 aliphatic rings. The van der Waals surface area contributed by atoms with Crippen molar-refractivity contribution in [1.82, 2.24) is 9.97 Å². The average molecular weight is 257 g/mol. The van der Waals surface area contributed by atoms with Crippen LogP contribution in [0.15, 0.2) is 30.3 Å². The molecule has 5 heteroatoms. The van der Waals surface area contributed by atoms with Crippen molar-refractivity contribution in [3.8, 4) is 0 Å². The highest BCUT2D eigenvalue weighted by molar-refractivity contribution is 5.87. The molecule has 0 atom stereocenters. The molecule has 2 N–H and O–H groups in total. The predicted molar refractivity (Wildman–Crippen MR) is 72.2 cm³/mol. The fourth-order valence-electron chi connectivity index (χ4n) is 1.81. The molecule has 0 aliphatic heterocycles. The summed E-state index contributed by atoms with van der Waals surface area (Å²) in [6.07, 6.45) is 0. The molecule has 5 nitrogen and oxygen atoms in total. The summed E-state index contributed by atoms with van der Waals surface area (Å²) in [7, 11) is 0. The molecule has 0 saturated heterocycles. The van der Waals surface area contributed by atoms with Gasteiger partial charge in [-0.25, -0.2) is 14.8 Å². The summed E-state index contributed by atoms with van der Waals surface area (Å²) >= 11 is 0. The van der Waals surface area contributed by atoms with Gasteiger partial charge in [0.05, 0.1) is 5.56 Å². The normalized spacial score (nSPS) is 10.2. The minimum absolute atomic E-state index is 0.286. The average Bonchev–Trinajstić information content (AvgIpc) is 2.35. The Morgan fingerprint density at radius 2 is 2.05 bits per heavy atom. The molecule has 0 aliphatic carbocycles. The van der Waals surface area contributed by atoms with E-state index in [4.69, 9.17) is 5.11 Å². The van der Waals surface area contributed by atoms with Crippen LogP contribution < -0.4 is 5.32 Å². The summed E-state index contributed by atoms with van der Waals surface area (Å²) in [5.74, 6) is 0.531. The first-order valence-corrected chi connectivity index (χ1v) is 5.93. The fraction of sp³-hybridized carbons (Fsp3) is 0.214. The number of aromatic nitrogens is 2. The van der Waals surface area contributed by atoms with Gasteiger partial charge in [-0.1, -0.05) is 12.1 Å². The van der Waals surface area contributed by atoms with Crippen molar-refractivity contribution < 1.29 is 9.90 Å². The SMILES string of the molecule is Cc1cc(NCc2cccc(C(=O)O)c2)nc(C)n1. The van der Waals surface area contributed by atoms with Crippen LogP contribution >= 0.6 is 0 Å². The molecular weight excluding hydrogens is 242 g/mol. The van der Waals surface area contributed by atoms with Crippen LogP contribution in [0, 0.1) is 13.8 Å². The van der Waals surface area contributed by atoms with Crippen molar-refractivity contribution in [2.24, 2.45) is 0 Å². The Kier molecular flexibility index (Phi) is 3.75.